The fourth-order valence-corrected chi connectivity index (χ4v) is 1.72. The Morgan fingerprint density at radius 1 is 1.47 bits per heavy atom. The molecule has 0 unspecified atom stereocenters. The van der Waals surface area contributed by atoms with Crippen LogP contribution in [0.5, 0.6) is 0 Å². The van der Waals surface area contributed by atoms with Gasteiger partial charge in [-0.05, 0) is 24.8 Å². The Morgan fingerprint density at radius 2 is 2.24 bits per heavy atom. The summed E-state index contributed by atoms with van der Waals surface area (Å²) in [5.74, 6) is -0.116. The maximum atomic E-state index is 11.0. The van der Waals surface area contributed by atoms with Gasteiger partial charge in [0, 0.05) is 18.9 Å². The van der Waals surface area contributed by atoms with Gasteiger partial charge in [0.1, 0.15) is 5.76 Å². The van der Waals surface area contributed by atoms with E-state index in [0.717, 1.165) is 31.3 Å². The van der Waals surface area contributed by atoms with Gasteiger partial charge in [0.15, 0.2) is 5.78 Å². The first-order valence-corrected chi connectivity index (χ1v) is 5.83. The largest absolute Gasteiger partial charge is 0.508 e. The van der Waals surface area contributed by atoms with E-state index < -0.39 is 0 Å². The van der Waals surface area contributed by atoms with Crippen LogP contribution >= 0.6 is 0 Å². The average Bonchev–Trinajstić information content (AvgIpc) is 2.62. The molecule has 0 spiro atoms. The van der Waals surface area contributed by atoms with Crippen LogP contribution in [0.25, 0.3) is 0 Å². The summed E-state index contributed by atoms with van der Waals surface area (Å²) in [7, 11) is 1.39. The molecular weight excluding hydrogens is 220 g/mol. The molecule has 0 aromatic rings. The molecule has 0 atom stereocenters. The number of hydrogen-bond donors (Lipinski definition) is 1. The minimum Gasteiger partial charge on any atom is -0.508 e. The van der Waals surface area contributed by atoms with Crippen LogP contribution < -0.4 is 0 Å². The predicted molar refractivity (Wildman–Crippen MR) is 63.5 cm³/mol. The molecule has 0 aliphatic heterocycles. The summed E-state index contributed by atoms with van der Waals surface area (Å²) >= 11 is 0. The molecule has 1 aliphatic carbocycles. The van der Waals surface area contributed by atoms with Gasteiger partial charge in [0.25, 0.3) is 0 Å². The molecule has 0 bridgehead atoms. The molecule has 0 amide bonds. The van der Waals surface area contributed by atoms with Crippen LogP contribution in [-0.2, 0) is 14.3 Å². The molecule has 0 saturated carbocycles. The predicted octanol–water partition coefficient (Wildman–Crippen LogP) is 2.45. The average molecular weight is 238 g/mol. The highest BCUT2D eigenvalue weighted by molar-refractivity contribution is 5.96. The van der Waals surface area contributed by atoms with E-state index in [2.05, 4.69) is 4.74 Å². The lowest BCUT2D eigenvalue weighted by atomic mass is 10.1. The van der Waals surface area contributed by atoms with Crippen LogP contribution in [0.15, 0.2) is 23.5 Å². The van der Waals surface area contributed by atoms with Crippen LogP contribution in [0.2, 0.25) is 0 Å². The molecule has 1 N–H and O–H groups in total. The minimum absolute atomic E-state index is 0.0422. The Bertz CT molecular complexity index is 352. The van der Waals surface area contributed by atoms with Crippen molar-refractivity contribution in [2.24, 2.45) is 0 Å². The van der Waals surface area contributed by atoms with E-state index >= 15 is 0 Å². The van der Waals surface area contributed by atoms with Crippen molar-refractivity contribution in [1.29, 1.82) is 0 Å². The van der Waals surface area contributed by atoms with Gasteiger partial charge in [-0.25, -0.2) is 0 Å². The van der Waals surface area contributed by atoms with Crippen LogP contribution in [0.1, 0.15) is 38.5 Å². The van der Waals surface area contributed by atoms with E-state index in [9.17, 15) is 14.7 Å². The quantitative estimate of drug-likeness (QED) is 0.570. The zero-order chi connectivity index (χ0) is 12.7. The zero-order valence-corrected chi connectivity index (χ0v) is 10.1. The van der Waals surface area contributed by atoms with Crippen molar-refractivity contribution >= 4 is 11.8 Å². The summed E-state index contributed by atoms with van der Waals surface area (Å²) in [6, 6.07) is 0. The van der Waals surface area contributed by atoms with Crippen molar-refractivity contribution in [2.45, 2.75) is 38.5 Å². The number of methoxy groups -OCH3 is 1. The minimum atomic E-state index is -0.176. The SMILES string of the molecule is COC(=O)CCCCC/C=C1\CC(=O)C=C1O. The molecule has 0 aromatic heterocycles. The molecule has 4 nitrogen and oxygen atoms in total. The Balaban J connectivity index is 2.12. The van der Waals surface area contributed by atoms with E-state index in [1.165, 1.54) is 13.2 Å². The summed E-state index contributed by atoms with van der Waals surface area (Å²) in [5, 5.41) is 9.38. The molecule has 0 radical (unpaired) electrons. The highest BCUT2D eigenvalue weighted by Crippen LogP contribution is 2.21. The molecule has 94 valence electrons. The number of allylic oxidation sites excluding steroid dienone is 3. The third kappa shape index (κ3) is 4.85. The standard InChI is InChI=1S/C13H18O4/c1-17-13(16)7-5-3-2-4-6-10-8-11(14)9-12(10)15/h6,9,15H,2-5,7-8H2,1H3/b10-6+. The smallest absolute Gasteiger partial charge is 0.305 e. The molecule has 0 fully saturated rings. The highest BCUT2D eigenvalue weighted by Gasteiger charge is 2.16. The Kier molecular flexibility index (Phi) is 5.46. The Morgan fingerprint density at radius 3 is 2.82 bits per heavy atom. The van der Waals surface area contributed by atoms with E-state index in [4.69, 9.17) is 0 Å². The Labute approximate surface area is 101 Å². The number of esters is 1. The second-order valence-electron chi connectivity index (χ2n) is 4.08. The fraction of sp³-hybridized carbons (Fsp3) is 0.538. The maximum Gasteiger partial charge on any atom is 0.305 e. The third-order valence-corrected chi connectivity index (χ3v) is 2.69. The summed E-state index contributed by atoms with van der Waals surface area (Å²) in [6.45, 7) is 0. The summed E-state index contributed by atoms with van der Waals surface area (Å²) in [4.78, 5) is 21.8. The first-order valence-electron chi connectivity index (χ1n) is 5.83. The number of hydrogen-bond acceptors (Lipinski definition) is 4. The number of ether oxygens (including phenoxy) is 1. The van der Waals surface area contributed by atoms with Gasteiger partial charge in [-0.15, -0.1) is 0 Å². The molecular formula is C13H18O4. The lowest BCUT2D eigenvalue weighted by Gasteiger charge is -2.00. The number of aliphatic hydroxyl groups excluding tert-OH is 1. The van der Waals surface area contributed by atoms with Crippen LogP contribution in [-0.4, -0.2) is 24.0 Å². The second-order valence-corrected chi connectivity index (χ2v) is 4.08. The molecule has 17 heavy (non-hydrogen) atoms. The van der Waals surface area contributed by atoms with Gasteiger partial charge in [-0.2, -0.15) is 0 Å². The normalized spacial score (nSPS) is 17.4. The van der Waals surface area contributed by atoms with Gasteiger partial charge in [-0.3, -0.25) is 9.59 Å². The second kappa shape index (κ2) is 6.89. The monoisotopic (exact) mass is 238 g/mol. The summed E-state index contributed by atoms with van der Waals surface area (Å²) in [5.41, 5.74) is 0.725. The number of ketones is 1. The van der Waals surface area contributed by atoms with E-state index in [1.54, 1.807) is 0 Å². The van der Waals surface area contributed by atoms with E-state index in [1.807, 2.05) is 6.08 Å². The number of rotatable bonds is 6. The first-order chi connectivity index (χ1) is 8.13. The zero-order valence-electron chi connectivity index (χ0n) is 10.1. The molecule has 1 rings (SSSR count). The highest BCUT2D eigenvalue weighted by atomic mass is 16.5. The summed E-state index contributed by atoms with van der Waals surface area (Å²) in [6.07, 6.45) is 7.46. The first kappa shape index (κ1) is 13.5. The molecule has 1 aliphatic rings. The van der Waals surface area contributed by atoms with Crippen LogP contribution in [0.3, 0.4) is 0 Å². The molecule has 4 heteroatoms. The lowest BCUT2D eigenvalue weighted by molar-refractivity contribution is -0.140. The van der Waals surface area contributed by atoms with Gasteiger partial charge in [0.05, 0.1) is 7.11 Å². The van der Waals surface area contributed by atoms with Crippen LogP contribution in [0, 0.1) is 0 Å². The molecule has 0 heterocycles. The van der Waals surface area contributed by atoms with E-state index in [0.29, 0.717) is 12.8 Å². The molecule has 0 saturated heterocycles. The van der Waals surface area contributed by atoms with Gasteiger partial charge in [0.2, 0.25) is 0 Å². The van der Waals surface area contributed by atoms with Gasteiger partial charge in [-0.1, -0.05) is 12.5 Å². The Hall–Kier alpha value is -1.58. The van der Waals surface area contributed by atoms with Crippen molar-refractivity contribution in [3.05, 3.63) is 23.5 Å². The van der Waals surface area contributed by atoms with Gasteiger partial charge >= 0.3 is 5.97 Å². The van der Waals surface area contributed by atoms with Crippen molar-refractivity contribution < 1.29 is 19.4 Å². The number of aliphatic hydroxyl groups is 1. The maximum absolute atomic E-state index is 11.0. The van der Waals surface area contributed by atoms with Crippen molar-refractivity contribution in [3.63, 3.8) is 0 Å². The fourth-order valence-electron chi connectivity index (χ4n) is 1.72. The number of carbonyl (C=O) groups is 2. The number of carbonyl (C=O) groups excluding carboxylic acids is 2. The summed E-state index contributed by atoms with van der Waals surface area (Å²) < 4.78 is 4.54. The van der Waals surface area contributed by atoms with Crippen LogP contribution in [0.4, 0.5) is 0 Å². The van der Waals surface area contributed by atoms with E-state index in [-0.39, 0.29) is 17.5 Å². The van der Waals surface area contributed by atoms with Crippen molar-refractivity contribution in [1.82, 2.24) is 0 Å². The third-order valence-electron chi connectivity index (χ3n) is 2.69. The topological polar surface area (TPSA) is 63.6 Å². The van der Waals surface area contributed by atoms with Crippen molar-refractivity contribution in [3.8, 4) is 0 Å². The molecule has 0 aromatic carbocycles. The van der Waals surface area contributed by atoms with Gasteiger partial charge < -0.3 is 9.84 Å². The lowest BCUT2D eigenvalue weighted by Crippen LogP contribution is -1.98. The van der Waals surface area contributed by atoms with Crippen molar-refractivity contribution in [2.75, 3.05) is 7.11 Å². The number of unbranched alkanes of at least 4 members (excludes halogenated alkanes) is 3.